The van der Waals surface area contributed by atoms with Gasteiger partial charge in [0.15, 0.2) is 0 Å². The summed E-state index contributed by atoms with van der Waals surface area (Å²) >= 11 is 0. The van der Waals surface area contributed by atoms with Crippen LogP contribution >= 0.6 is 0 Å². The molecule has 0 saturated heterocycles. The highest BCUT2D eigenvalue weighted by Crippen LogP contribution is 2.38. The van der Waals surface area contributed by atoms with Gasteiger partial charge in [-0.3, -0.25) is 0 Å². The van der Waals surface area contributed by atoms with Crippen LogP contribution < -0.4 is 0 Å². The van der Waals surface area contributed by atoms with Crippen LogP contribution in [-0.4, -0.2) is 4.40 Å². The summed E-state index contributed by atoms with van der Waals surface area (Å²) in [6.07, 6.45) is 0. The number of para-hydroxylation sites is 2. The molecule has 0 aliphatic rings. The monoisotopic (exact) mass is 407 g/mol. The van der Waals surface area contributed by atoms with E-state index in [9.17, 15) is 0 Å². The van der Waals surface area contributed by atoms with Gasteiger partial charge in [-0.05, 0) is 46.2 Å². The SMILES string of the molecule is Cc1ccc2c3cccc4c5ccccc5c5ccccc5c5ccccc5n(c2c1)c43. The lowest BCUT2D eigenvalue weighted by molar-refractivity contribution is 1.34. The van der Waals surface area contributed by atoms with E-state index in [4.69, 9.17) is 0 Å². The van der Waals surface area contributed by atoms with Crippen LogP contribution in [0, 0.1) is 6.92 Å². The van der Waals surface area contributed by atoms with E-state index >= 15 is 0 Å². The van der Waals surface area contributed by atoms with Crippen LogP contribution in [0.3, 0.4) is 0 Å². The number of aryl methyl sites for hydroxylation is 1. The number of benzene rings is 5. The maximum Gasteiger partial charge on any atom is 0.0619 e. The molecule has 7 rings (SSSR count). The minimum absolute atomic E-state index is 1.23. The third-order valence-electron chi connectivity index (χ3n) is 6.81. The van der Waals surface area contributed by atoms with Gasteiger partial charge in [0, 0.05) is 21.5 Å². The molecular formula is C31H21N. The molecule has 0 N–H and O–H groups in total. The second kappa shape index (κ2) is 6.45. The molecule has 2 heterocycles. The first-order chi connectivity index (χ1) is 15.8. The Morgan fingerprint density at radius 1 is 0.406 bits per heavy atom. The van der Waals surface area contributed by atoms with Crippen molar-refractivity contribution in [2.24, 2.45) is 0 Å². The van der Waals surface area contributed by atoms with Crippen molar-refractivity contribution in [3.8, 4) is 0 Å². The summed E-state index contributed by atoms with van der Waals surface area (Å²) in [5, 5.41) is 10.2. The smallest absolute Gasteiger partial charge is 0.0619 e. The molecular weight excluding hydrogens is 386 g/mol. The van der Waals surface area contributed by atoms with E-state index in [1.165, 1.54) is 65.2 Å². The number of nitrogens with zero attached hydrogens (tertiary/aromatic N) is 1. The fourth-order valence-corrected chi connectivity index (χ4v) is 5.45. The maximum absolute atomic E-state index is 2.49. The van der Waals surface area contributed by atoms with E-state index in [2.05, 4.69) is 121 Å². The molecule has 0 unspecified atom stereocenters. The van der Waals surface area contributed by atoms with E-state index in [0.29, 0.717) is 0 Å². The molecule has 0 aliphatic heterocycles. The molecule has 0 bridgehead atoms. The lowest BCUT2D eigenvalue weighted by atomic mass is 10.0. The second-order valence-corrected chi connectivity index (χ2v) is 8.67. The zero-order chi connectivity index (χ0) is 21.2. The normalized spacial score (nSPS) is 11.9. The van der Waals surface area contributed by atoms with Gasteiger partial charge in [-0.1, -0.05) is 97.1 Å². The molecule has 0 aliphatic carbocycles. The Bertz CT molecular complexity index is 1890. The van der Waals surface area contributed by atoms with Crippen LogP contribution in [0.1, 0.15) is 5.56 Å². The Hall–Kier alpha value is -4.10. The van der Waals surface area contributed by atoms with Crippen molar-refractivity contribution >= 4 is 59.6 Å². The van der Waals surface area contributed by atoms with Crippen LogP contribution in [0.4, 0.5) is 0 Å². The zero-order valence-electron chi connectivity index (χ0n) is 17.8. The highest BCUT2D eigenvalue weighted by Gasteiger charge is 2.14. The summed E-state index contributed by atoms with van der Waals surface area (Å²) in [5.74, 6) is 0. The van der Waals surface area contributed by atoms with Crippen molar-refractivity contribution in [1.29, 1.82) is 0 Å². The first-order valence-electron chi connectivity index (χ1n) is 11.1. The Morgan fingerprint density at radius 3 is 1.56 bits per heavy atom. The van der Waals surface area contributed by atoms with Crippen LogP contribution in [0.15, 0.2) is 109 Å². The predicted molar refractivity (Wildman–Crippen MR) is 138 cm³/mol. The number of fused-ring (bicyclic) bond motifs is 10. The average Bonchev–Trinajstić information content (AvgIpc) is 3.18. The molecule has 0 saturated carbocycles. The lowest BCUT2D eigenvalue weighted by Gasteiger charge is -2.04. The van der Waals surface area contributed by atoms with E-state index in [1.807, 2.05) is 0 Å². The fourth-order valence-electron chi connectivity index (χ4n) is 5.45. The van der Waals surface area contributed by atoms with Gasteiger partial charge in [-0.25, -0.2) is 0 Å². The molecule has 2 aromatic heterocycles. The van der Waals surface area contributed by atoms with Crippen LogP contribution in [0.25, 0.3) is 59.6 Å². The summed E-state index contributed by atoms with van der Waals surface area (Å²) in [5.41, 5.74) is 5.04. The summed E-state index contributed by atoms with van der Waals surface area (Å²) in [6, 6.07) is 40.1. The quantitative estimate of drug-likeness (QED) is 0.237. The molecule has 150 valence electrons. The summed E-state index contributed by atoms with van der Waals surface area (Å²) in [7, 11) is 0. The molecule has 0 radical (unpaired) electrons. The summed E-state index contributed by atoms with van der Waals surface area (Å²) in [4.78, 5) is 0. The maximum atomic E-state index is 2.49. The van der Waals surface area contributed by atoms with Gasteiger partial charge in [0.25, 0.3) is 0 Å². The molecule has 0 atom stereocenters. The number of rotatable bonds is 0. The van der Waals surface area contributed by atoms with Crippen LogP contribution in [-0.2, 0) is 0 Å². The van der Waals surface area contributed by atoms with Gasteiger partial charge in [0.05, 0.1) is 16.6 Å². The topological polar surface area (TPSA) is 4.41 Å². The molecule has 7 aromatic rings. The van der Waals surface area contributed by atoms with E-state index in [0.717, 1.165) is 0 Å². The van der Waals surface area contributed by atoms with Gasteiger partial charge in [0.1, 0.15) is 0 Å². The average molecular weight is 408 g/mol. The van der Waals surface area contributed by atoms with Gasteiger partial charge >= 0.3 is 0 Å². The van der Waals surface area contributed by atoms with E-state index < -0.39 is 0 Å². The molecule has 0 amide bonds. The van der Waals surface area contributed by atoms with Crippen molar-refractivity contribution in [2.45, 2.75) is 6.92 Å². The lowest BCUT2D eigenvalue weighted by Crippen LogP contribution is -1.86. The van der Waals surface area contributed by atoms with Gasteiger partial charge in [-0.15, -0.1) is 0 Å². The standard InChI is InChI=1S/C31H21N/c1-20-17-18-26-28-15-8-14-27-24-12-5-3-10-22(24)21-9-2-4-11-23(21)25-13-6-7-16-29(25)32(31(27)28)30(26)19-20/h2-19H,1H3. The largest absolute Gasteiger partial charge is 0.308 e. The van der Waals surface area contributed by atoms with Gasteiger partial charge < -0.3 is 4.40 Å². The summed E-state index contributed by atoms with van der Waals surface area (Å²) in [6.45, 7) is 2.18. The van der Waals surface area contributed by atoms with Crippen molar-refractivity contribution in [3.05, 3.63) is 115 Å². The third kappa shape index (κ3) is 2.28. The van der Waals surface area contributed by atoms with Crippen LogP contribution in [0.5, 0.6) is 0 Å². The molecule has 5 aromatic carbocycles. The molecule has 0 fully saturated rings. The molecule has 1 heteroatoms. The highest BCUT2D eigenvalue weighted by molar-refractivity contribution is 6.25. The minimum Gasteiger partial charge on any atom is -0.308 e. The highest BCUT2D eigenvalue weighted by atomic mass is 14.9. The van der Waals surface area contributed by atoms with Crippen molar-refractivity contribution in [3.63, 3.8) is 0 Å². The Morgan fingerprint density at radius 2 is 0.875 bits per heavy atom. The number of hydrogen-bond donors (Lipinski definition) is 0. The van der Waals surface area contributed by atoms with E-state index in [1.54, 1.807) is 0 Å². The Balaban J connectivity index is 2.03. The van der Waals surface area contributed by atoms with Crippen molar-refractivity contribution in [1.82, 2.24) is 4.40 Å². The molecule has 0 spiro atoms. The first-order valence-corrected chi connectivity index (χ1v) is 11.1. The van der Waals surface area contributed by atoms with Crippen molar-refractivity contribution in [2.75, 3.05) is 0 Å². The Labute approximate surface area is 185 Å². The fraction of sp³-hybridized carbons (Fsp3) is 0.0323. The van der Waals surface area contributed by atoms with Crippen molar-refractivity contribution < 1.29 is 0 Å². The van der Waals surface area contributed by atoms with Gasteiger partial charge in [-0.2, -0.15) is 0 Å². The zero-order valence-corrected chi connectivity index (χ0v) is 17.8. The number of hydrogen-bond acceptors (Lipinski definition) is 0. The van der Waals surface area contributed by atoms with Crippen LogP contribution in [0.2, 0.25) is 0 Å². The minimum atomic E-state index is 1.23. The summed E-state index contributed by atoms with van der Waals surface area (Å²) < 4.78 is 2.49. The molecule has 32 heavy (non-hydrogen) atoms. The predicted octanol–water partition coefficient (Wildman–Crippen LogP) is 8.58. The van der Waals surface area contributed by atoms with Gasteiger partial charge in [0.2, 0.25) is 0 Å². The number of aromatic nitrogens is 1. The van der Waals surface area contributed by atoms with E-state index in [-0.39, 0.29) is 0 Å². The first kappa shape index (κ1) is 17.6. The second-order valence-electron chi connectivity index (χ2n) is 8.67. The molecule has 1 nitrogen and oxygen atoms in total. The third-order valence-corrected chi connectivity index (χ3v) is 6.81. The Kier molecular flexibility index (Phi) is 3.54.